The van der Waals surface area contributed by atoms with Crippen molar-refractivity contribution in [2.45, 2.75) is 44.4 Å². The Labute approximate surface area is 189 Å². The lowest BCUT2D eigenvalue weighted by Crippen LogP contribution is -2.42. The number of nitrogens with zero attached hydrogens (tertiary/aromatic N) is 1. The van der Waals surface area contributed by atoms with Gasteiger partial charge in [-0.25, -0.2) is 8.42 Å². The second-order valence-electron chi connectivity index (χ2n) is 8.76. The smallest absolute Gasteiger partial charge is 0.456 e. The summed E-state index contributed by atoms with van der Waals surface area (Å²) in [5, 5.41) is 19.4. The highest BCUT2D eigenvalue weighted by molar-refractivity contribution is 7.92. The summed E-state index contributed by atoms with van der Waals surface area (Å²) < 4.78 is 31.4. The van der Waals surface area contributed by atoms with Crippen LogP contribution in [0.1, 0.15) is 37.9 Å². The molecule has 1 aromatic heterocycles. The van der Waals surface area contributed by atoms with Crippen LogP contribution in [0.3, 0.4) is 0 Å². The summed E-state index contributed by atoms with van der Waals surface area (Å²) in [7, 11) is -4.41. The Hall–Kier alpha value is -2.42. The molecule has 1 saturated heterocycles. The SMILES string of the molecule is CC(C)C1=C2[C@@H](CC/C(=C/c3cccc(O)c3)c3ccccn3)OB(O)C[C@@H]2S(=O)(=O)C1. The maximum atomic E-state index is 12.8. The number of benzene rings is 1. The minimum atomic E-state index is -3.32. The number of phenolic OH excluding ortho intramolecular Hbond substituents is 1. The quantitative estimate of drug-likeness (QED) is 0.511. The molecule has 6 nitrogen and oxygen atoms in total. The third-order valence-corrected chi connectivity index (χ3v) is 8.20. The molecule has 0 radical (unpaired) electrons. The molecule has 8 heteroatoms. The normalized spacial score (nSPS) is 23.0. The largest absolute Gasteiger partial charge is 0.508 e. The first kappa shape index (κ1) is 22.8. The van der Waals surface area contributed by atoms with Gasteiger partial charge in [-0.2, -0.15) is 0 Å². The maximum Gasteiger partial charge on any atom is 0.456 e. The number of hydrogen-bond acceptors (Lipinski definition) is 6. The van der Waals surface area contributed by atoms with E-state index >= 15 is 0 Å². The Bertz CT molecular complexity index is 1140. The van der Waals surface area contributed by atoms with Gasteiger partial charge in [0, 0.05) is 12.5 Å². The van der Waals surface area contributed by atoms with E-state index in [1.807, 2.05) is 44.2 Å². The van der Waals surface area contributed by atoms with E-state index in [0.29, 0.717) is 12.8 Å². The van der Waals surface area contributed by atoms with Gasteiger partial charge in [0.05, 0.1) is 22.8 Å². The molecule has 0 saturated carbocycles. The number of allylic oxidation sites excluding steroid dienone is 1. The number of aromatic hydroxyl groups is 1. The van der Waals surface area contributed by atoms with E-state index < -0.39 is 28.3 Å². The average Bonchev–Trinajstić information content (AvgIpc) is 3.03. The van der Waals surface area contributed by atoms with E-state index in [1.165, 1.54) is 0 Å². The number of phenols is 1. The molecule has 0 unspecified atom stereocenters. The van der Waals surface area contributed by atoms with Crippen LogP contribution in [0.2, 0.25) is 6.32 Å². The Morgan fingerprint density at radius 3 is 2.78 bits per heavy atom. The Morgan fingerprint density at radius 1 is 1.28 bits per heavy atom. The van der Waals surface area contributed by atoms with Gasteiger partial charge in [-0.3, -0.25) is 4.98 Å². The zero-order chi connectivity index (χ0) is 22.9. The zero-order valence-electron chi connectivity index (χ0n) is 18.3. The van der Waals surface area contributed by atoms with Gasteiger partial charge < -0.3 is 14.8 Å². The zero-order valence-corrected chi connectivity index (χ0v) is 19.1. The van der Waals surface area contributed by atoms with Gasteiger partial charge >= 0.3 is 7.12 Å². The number of pyridine rings is 1. The molecule has 2 aromatic rings. The fraction of sp³-hybridized carbons (Fsp3) is 0.375. The van der Waals surface area contributed by atoms with E-state index in [-0.39, 0.29) is 23.7 Å². The summed E-state index contributed by atoms with van der Waals surface area (Å²) in [5.41, 5.74) is 4.36. The summed E-state index contributed by atoms with van der Waals surface area (Å²) in [6.45, 7) is 4.01. The van der Waals surface area contributed by atoms with Gasteiger partial charge in [0.25, 0.3) is 0 Å². The lowest BCUT2D eigenvalue weighted by molar-refractivity contribution is 0.170. The molecule has 2 aliphatic rings. The van der Waals surface area contributed by atoms with Crippen molar-refractivity contribution in [3.05, 3.63) is 71.1 Å². The molecule has 0 aliphatic carbocycles. The fourth-order valence-corrected chi connectivity index (χ4v) is 6.93. The minimum Gasteiger partial charge on any atom is -0.508 e. The van der Waals surface area contributed by atoms with Crippen molar-refractivity contribution in [2.75, 3.05) is 5.75 Å². The van der Waals surface area contributed by atoms with Gasteiger partial charge in [-0.05, 0) is 71.4 Å². The fourth-order valence-electron chi connectivity index (χ4n) is 4.64. The van der Waals surface area contributed by atoms with E-state index in [9.17, 15) is 18.5 Å². The van der Waals surface area contributed by atoms with Crippen LogP contribution >= 0.6 is 0 Å². The highest BCUT2D eigenvalue weighted by Gasteiger charge is 2.48. The van der Waals surface area contributed by atoms with Crippen LogP contribution in [-0.4, -0.2) is 47.8 Å². The number of aromatic nitrogens is 1. The van der Waals surface area contributed by atoms with Crippen LogP contribution in [0.5, 0.6) is 5.75 Å². The molecule has 168 valence electrons. The van der Waals surface area contributed by atoms with Gasteiger partial charge in [-0.1, -0.05) is 32.0 Å². The maximum absolute atomic E-state index is 12.8. The van der Waals surface area contributed by atoms with Crippen molar-refractivity contribution in [3.8, 4) is 5.75 Å². The van der Waals surface area contributed by atoms with Crippen LogP contribution in [0.15, 0.2) is 59.8 Å². The second kappa shape index (κ2) is 9.21. The monoisotopic (exact) mass is 453 g/mol. The molecule has 32 heavy (non-hydrogen) atoms. The lowest BCUT2D eigenvalue weighted by Gasteiger charge is -2.32. The second-order valence-corrected chi connectivity index (χ2v) is 10.9. The van der Waals surface area contributed by atoms with Gasteiger partial charge in [0.2, 0.25) is 0 Å². The standard InChI is InChI=1S/C24H28BNO5S/c1-16(2)20-15-32(29,30)23-14-25(28)31-22(24(20)23)10-9-18(21-8-3-4-11-26-21)12-17-6-5-7-19(27)13-17/h3-8,11-13,16,22-23,27-28H,9-10,14-15H2,1-2H3/b18-12-/t22-,23+/m1/s1. The third-order valence-electron chi connectivity index (χ3n) is 6.17. The number of hydrogen-bond donors (Lipinski definition) is 2. The first-order chi connectivity index (χ1) is 15.2. The van der Waals surface area contributed by atoms with Crippen LogP contribution in [0, 0.1) is 5.92 Å². The molecule has 2 atom stereocenters. The van der Waals surface area contributed by atoms with Crippen molar-refractivity contribution in [1.29, 1.82) is 0 Å². The molecule has 3 heterocycles. The summed E-state index contributed by atoms with van der Waals surface area (Å²) in [6, 6.07) is 12.7. The van der Waals surface area contributed by atoms with E-state index in [2.05, 4.69) is 4.98 Å². The van der Waals surface area contributed by atoms with Crippen molar-refractivity contribution in [3.63, 3.8) is 0 Å². The van der Waals surface area contributed by atoms with Crippen LogP contribution in [0.4, 0.5) is 0 Å². The molecule has 2 N–H and O–H groups in total. The average molecular weight is 453 g/mol. The predicted octanol–water partition coefficient (Wildman–Crippen LogP) is 3.74. The molecule has 2 aliphatic heterocycles. The summed E-state index contributed by atoms with van der Waals surface area (Å²) in [5.74, 6) is 0.330. The number of rotatable bonds is 6. The molecule has 1 aromatic carbocycles. The molecule has 4 rings (SSSR count). The Morgan fingerprint density at radius 2 is 2.09 bits per heavy atom. The molecule has 0 spiro atoms. The van der Waals surface area contributed by atoms with Gasteiger partial charge in [0.1, 0.15) is 5.75 Å². The first-order valence-electron chi connectivity index (χ1n) is 10.9. The van der Waals surface area contributed by atoms with Crippen molar-refractivity contribution >= 4 is 28.6 Å². The molecule has 0 bridgehead atoms. The van der Waals surface area contributed by atoms with Gasteiger partial charge in [0.15, 0.2) is 9.84 Å². The van der Waals surface area contributed by atoms with Crippen LogP contribution in [0.25, 0.3) is 11.6 Å². The van der Waals surface area contributed by atoms with E-state index in [0.717, 1.165) is 28.0 Å². The van der Waals surface area contributed by atoms with Crippen molar-refractivity contribution in [1.82, 2.24) is 4.98 Å². The van der Waals surface area contributed by atoms with Crippen molar-refractivity contribution in [2.24, 2.45) is 5.92 Å². The lowest BCUT2D eigenvalue weighted by atomic mass is 9.74. The van der Waals surface area contributed by atoms with Crippen LogP contribution < -0.4 is 0 Å². The summed E-state index contributed by atoms with van der Waals surface area (Å²) in [6.07, 6.45) is 4.43. The first-order valence-corrected chi connectivity index (χ1v) is 12.6. The minimum absolute atomic E-state index is 0.0451. The van der Waals surface area contributed by atoms with E-state index in [1.54, 1.807) is 24.4 Å². The molecular formula is C24H28BNO5S. The van der Waals surface area contributed by atoms with Crippen LogP contribution in [-0.2, 0) is 14.5 Å². The number of sulfone groups is 1. The van der Waals surface area contributed by atoms with Gasteiger partial charge in [-0.15, -0.1) is 0 Å². The third kappa shape index (κ3) is 4.82. The highest BCUT2D eigenvalue weighted by atomic mass is 32.2. The van der Waals surface area contributed by atoms with E-state index in [4.69, 9.17) is 4.65 Å². The number of fused-ring (bicyclic) bond motifs is 1. The Kier molecular flexibility index (Phi) is 6.56. The molecule has 1 fully saturated rings. The molecule has 0 amide bonds. The predicted molar refractivity (Wildman–Crippen MR) is 127 cm³/mol. The summed E-state index contributed by atoms with van der Waals surface area (Å²) in [4.78, 5) is 4.48. The highest BCUT2D eigenvalue weighted by Crippen LogP contribution is 2.42. The summed E-state index contributed by atoms with van der Waals surface area (Å²) >= 11 is 0. The Balaban J connectivity index is 1.66. The van der Waals surface area contributed by atoms with Crippen molar-refractivity contribution < 1.29 is 23.2 Å². The topological polar surface area (TPSA) is 96.7 Å². The molecular weight excluding hydrogens is 425 g/mol.